The summed E-state index contributed by atoms with van der Waals surface area (Å²) in [5.41, 5.74) is 0.503. The average molecular weight is 237 g/mol. The van der Waals surface area contributed by atoms with Crippen LogP contribution in [-0.4, -0.2) is 23.4 Å². The molecule has 4 heteroatoms. The van der Waals surface area contributed by atoms with Crippen LogP contribution < -0.4 is 0 Å². The molecule has 1 rings (SSSR count). The molecule has 0 aliphatic heterocycles. The molecule has 0 aromatic carbocycles. The summed E-state index contributed by atoms with van der Waals surface area (Å²) in [6.07, 6.45) is 3.35. The lowest BCUT2D eigenvalue weighted by Gasteiger charge is -2.23. The third kappa shape index (κ3) is 2.96. The molecule has 0 fully saturated rings. The first-order valence-electron chi connectivity index (χ1n) is 5.94. The van der Waals surface area contributed by atoms with E-state index in [1.54, 1.807) is 29.8 Å². The molecular formula is C13H19NO3. The fraction of sp³-hybridized carbons (Fsp3) is 0.538. The molecule has 1 heterocycles. The van der Waals surface area contributed by atoms with E-state index in [1.807, 2.05) is 13.8 Å². The molecule has 2 atom stereocenters. The number of ether oxygens (including phenoxy) is 1. The van der Waals surface area contributed by atoms with Gasteiger partial charge in [0.15, 0.2) is 6.29 Å². The lowest BCUT2D eigenvalue weighted by Crippen LogP contribution is -2.28. The van der Waals surface area contributed by atoms with Crippen molar-refractivity contribution < 1.29 is 14.3 Å². The molecular weight excluding hydrogens is 218 g/mol. The molecule has 0 unspecified atom stereocenters. The monoisotopic (exact) mass is 237 g/mol. The second-order valence-electron chi connectivity index (χ2n) is 4.04. The van der Waals surface area contributed by atoms with Crippen molar-refractivity contribution >= 4 is 12.3 Å². The second-order valence-corrected chi connectivity index (χ2v) is 4.04. The smallest absolute Gasteiger partial charge is 0.329 e. The third-order valence-electron chi connectivity index (χ3n) is 2.94. The molecule has 94 valence electrons. The second kappa shape index (κ2) is 6.23. The molecule has 0 N–H and O–H groups in total. The largest absolute Gasteiger partial charge is 0.464 e. The summed E-state index contributed by atoms with van der Waals surface area (Å²) in [6.45, 7) is 6.13. The zero-order chi connectivity index (χ0) is 12.8. The van der Waals surface area contributed by atoms with Crippen molar-refractivity contribution in [2.24, 2.45) is 5.92 Å². The molecule has 0 saturated heterocycles. The van der Waals surface area contributed by atoms with Gasteiger partial charge in [0.25, 0.3) is 0 Å². The Balaban J connectivity index is 3.05. The molecule has 1 aromatic heterocycles. The molecule has 0 spiro atoms. The Bertz CT molecular complexity index is 384. The number of hydrogen-bond acceptors (Lipinski definition) is 3. The Morgan fingerprint density at radius 3 is 2.76 bits per heavy atom. The molecule has 0 saturated carbocycles. The Hall–Kier alpha value is -1.58. The van der Waals surface area contributed by atoms with Crippen molar-refractivity contribution in [2.75, 3.05) is 6.61 Å². The zero-order valence-electron chi connectivity index (χ0n) is 10.6. The number of carbonyl (C=O) groups excluding carboxylic acids is 2. The van der Waals surface area contributed by atoms with Crippen LogP contribution in [0.15, 0.2) is 18.3 Å². The van der Waals surface area contributed by atoms with Gasteiger partial charge in [-0.3, -0.25) is 4.79 Å². The summed E-state index contributed by atoms with van der Waals surface area (Å²) in [4.78, 5) is 22.9. The Kier molecular flexibility index (Phi) is 4.94. The van der Waals surface area contributed by atoms with Crippen LogP contribution in [0.4, 0.5) is 0 Å². The number of hydrogen-bond donors (Lipinski definition) is 0. The van der Waals surface area contributed by atoms with Gasteiger partial charge in [-0.25, -0.2) is 4.79 Å². The molecule has 0 radical (unpaired) electrons. The normalized spacial score (nSPS) is 14.1. The highest BCUT2D eigenvalue weighted by atomic mass is 16.5. The van der Waals surface area contributed by atoms with E-state index < -0.39 is 6.04 Å². The molecule has 17 heavy (non-hydrogen) atoms. The molecule has 4 nitrogen and oxygen atoms in total. The highest BCUT2D eigenvalue weighted by Crippen LogP contribution is 2.24. The first-order valence-corrected chi connectivity index (χ1v) is 5.94. The third-order valence-corrected chi connectivity index (χ3v) is 2.94. The molecule has 0 aliphatic carbocycles. The van der Waals surface area contributed by atoms with Crippen molar-refractivity contribution in [1.29, 1.82) is 0 Å². The Labute approximate surface area is 102 Å². The van der Waals surface area contributed by atoms with E-state index >= 15 is 0 Å². The number of rotatable bonds is 6. The van der Waals surface area contributed by atoms with E-state index in [1.165, 1.54) is 0 Å². The van der Waals surface area contributed by atoms with E-state index in [4.69, 9.17) is 4.74 Å². The molecule has 0 aliphatic rings. The predicted octanol–water partition coefficient (Wildman–Crippen LogP) is 2.45. The van der Waals surface area contributed by atoms with Gasteiger partial charge >= 0.3 is 5.97 Å². The van der Waals surface area contributed by atoms with Gasteiger partial charge in [-0.15, -0.1) is 0 Å². The van der Waals surface area contributed by atoms with E-state index in [-0.39, 0.29) is 11.9 Å². The first kappa shape index (κ1) is 13.5. The number of aromatic nitrogens is 1. The highest BCUT2D eigenvalue weighted by Gasteiger charge is 2.28. The molecule has 0 bridgehead atoms. The van der Waals surface area contributed by atoms with Gasteiger partial charge in [0.05, 0.1) is 12.3 Å². The number of carbonyl (C=O) groups is 2. The van der Waals surface area contributed by atoms with Gasteiger partial charge in [0.1, 0.15) is 6.04 Å². The average Bonchev–Trinajstić information content (AvgIpc) is 2.77. The number of esters is 1. The van der Waals surface area contributed by atoms with E-state index in [2.05, 4.69) is 0 Å². The SMILES string of the molecule is CCOC(=O)[C@H]([C@@H](C)CC)n1cccc1C=O. The maximum Gasteiger partial charge on any atom is 0.329 e. The minimum Gasteiger partial charge on any atom is -0.464 e. The van der Waals surface area contributed by atoms with Gasteiger partial charge in [0, 0.05) is 6.20 Å². The fourth-order valence-electron chi connectivity index (χ4n) is 1.83. The molecule has 1 aromatic rings. The number of nitrogens with zero attached hydrogens (tertiary/aromatic N) is 1. The van der Waals surface area contributed by atoms with Gasteiger partial charge in [-0.05, 0) is 25.0 Å². The van der Waals surface area contributed by atoms with Crippen LogP contribution in [0.25, 0.3) is 0 Å². The topological polar surface area (TPSA) is 48.3 Å². The summed E-state index contributed by atoms with van der Waals surface area (Å²) in [6, 6.07) is 3.04. The quantitative estimate of drug-likeness (QED) is 0.564. The van der Waals surface area contributed by atoms with Gasteiger partial charge < -0.3 is 9.30 Å². The van der Waals surface area contributed by atoms with Crippen molar-refractivity contribution in [3.05, 3.63) is 24.0 Å². The van der Waals surface area contributed by atoms with Gasteiger partial charge in [0.2, 0.25) is 0 Å². The maximum atomic E-state index is 12.0. The first-order chi connectivity index (χ1) is 8.15. The fourth-order valence-corrected chi connectivity index (χ4v) is 1.83. The van der Waals surface area contributed by atoms with Crippen LogP contribution in [0, 0.1) is 5.92 Å². The van der Waals surface area contributed by atoms with Crippen LogP contribution in [0.1, 0.15) is 43.7 Å². The van der Waals surface area contributed by atoms with Crippen LogP contribution in [0.3, 0.4) is 0 Å². The summed E-state index contributed by atoms with van der Waals surface area (Å²) < 4.78 is 6.77. The Morgan fingerprint density at radius 1 is 1.53 bits per heavy atom. The van der Waals surface area contributed by atoms with Crippen molar-refractivity contribution in [1.82, 2.24) is 4.57 Å². The van der Waals surface area contributed by atoms with Crippen LogP contribution in [0.5, 0.6) is 0 Å². The Morgan fingerprint density at radius 2 is 2.24 bits per heavy atom. The zero-order valence-corrected chi connectivity index (χ0v) is 10.6. The molecule has 0 amide bonds. The van der Waals surface area contributed by atoms with Crippen LogP contribution >= 0.6 is 0 Å². The summed E-state index contributed by atoms with van der Waals surface area (Å²) in [5, 5.41) is 0. The van der Waals surface area contributed by atoms with Gasteiger partial charge in [-0.2, -0.15) is 0 Å². The lowest BCUT2D eigenvalue weighted by molar-refractivity contribution is -0.148. The highest BCUT2D eigenvalue weighted by molar-refractivity contribution is 5.78. The van der Waals surface area contributed by atoms with Crippen molar-refractivity contribution in [3.8, 4) is 0 Å². The van der Waals surface area contributed by atoms with Crippen molar-refractivity contribution in [3.63, 3.8) is 0 Å². The van der Waals surface area contributed by atoms with Crippen LogP contribution in [0.2, 0.25) is 0 Å². The van der Waals surface area contributed by atoms with E-state index in [9.17, 15) is 9.59 Å². The summed E-state index contributed by atoms with van der Waals surface area (Å²) >= 11 is 0. The van der Waals surface area contributed by atoms with E-state index in [0.717, 1.165) is 12.7 Å². The minimum absolute atomic E-state index is 0.125. The summed E-state index contributed by atoms with van der Waals surface area (Å²) in [5.74, 6) is -0.152. The predicted molar refractivity (Wildman–Crippen MR) is 64.9 cm³/mol. The number of aldehydes is 1. The summed E-state index contributed by atoms with van der Waals surface area (Å²) in [7, 11) is 0. The standard InChI is InChI=1S/C13H19NO3/c1-4-10(3)12(13(16)17-5-2)14-8-6-7-11(14)9-15/h6-10,12H,4-5H2,1-3H3/t10-,12-/m0/s1. The van der Waals surface area contributed by atoms with Crippen molar-refractivity contribution in [2.45, 2.75) is 33.2 Å². The van der Waals surface area contributed by atoms with Gasteiger partial charge in [-0.1, -0.05) is 20.3 Å². The lowest BCUT2D eigenvalue weighted by atomic mass is 9.99. The maximum absolute atomic E-state index is 12.0. The van der Waals surface area contributed by atoms with Crippen LogP contribution in [-0.2, 0) is 9.53 Å². The minimum atomic E-state index is -0.421. The van der Waals surface area contributed by atoms with E-state index in [0.29, 0.717) is 12.3 Å².